The van der Waals surface area contributed by atoms with Crippen LogP contribution in [0.5, 0.6) is 0 Å². The Bertz CT molecular complexity index is 912. The molecular formula is C23H31ClN4O2. The first-order valence-electron chi connectivity index (χ1n) is 10.6. The molecule has 2 amide bonds. The second-order valence-corrected chi connectivity index (χ2v) is 8.93. The Morgan fingerprint density at radius 1 is 1.10 bits per heavy atom. The molecule has 0 aliphatic carbocycles. The van der Waals surface area contributed by atoms with Gasteiger partial charge < -0.3 is 10.2 Å². The molecule has 1 saturated heterocycles. The summed E-state index contributed by atoms with van der Waals surface area (Å²) in [6.07, 6.45) is 1.40. The Morgan fingerprint density at radius 3 is 2.20 bits per heavy atom. The third-order valence-electron chi connectivity index (χ3n) is 6.08. The van der Waals surface area contributed by atoms with Crippen LogP contribution in [0.1, 0.15) is 55.4 Å². The first-order valence-corrected chi connectivity index (χ1v) is 11.0. The lowest BCUT2D eigenvalue weighted by atomic mass is 9.94. The molecule has 7 heteroatoms. The SMILES string of the molecule is Cc1nn(-c2ccc(C(=O)N3CCC(C(=O)NC(C)C(C)C)CC3)cc2)c(C)c1Cl. The lowest BCUT2D eigenvalue weighted by molar-refractivity contribution is -0.127. The van der Waals surface area contributed by atoms with Crippen LogP contribution in [0.15, 0.2) is 24.3 Å². The molecule has 1 unspecified atom stereocenters. The number of piperidine rings is 1. The Hall–Kier alpha value is -2.34. The largest absolute Gasteiger partial charge is 0.353 e. The molecule has 0 saturated carbocycles. The van der Waals surface area contributed by atoms with Crippen molar-refractivity contribution in [3.05, 3.63) is 46.2 Å². The zero-order valence-electron chi connectivity index (χ0n) is 18.4. The molecule has 1 N–H and O–H groups in total. The van der Waals surface area contributed by atoms with Crippen LogP contribution >= 0.6 is 11.6 Å². The second kappa shape index (κ2) is 9.21. The fraction of sp³-hybridized carbons (Fsp3) is 0.522. The van der Waals surface area contributed by atoms with Crippen LogP contribution in [-0.2, 0) is 4.79 Å². The third-order valence-corrected chi connectivity index (χ3v) is 6.63. The van der Waals surface area contributed by atoms with E-state index in [4.69, 9.17) is 11.6 Å². The molecule has 30 heavy (non-hydrogen) atoms. The Balaban J connectivity index is 1.60. The van der Waals surface area contributed by atoms with Gasteiger partial charge in [-0.1, -0.05) is 25.4 Å². The minimum Gasteiger partial charge on any atom is -0.353 e. The highest BCUT2D eigenvalue weighted by Gasteiger charge is 2.28. The van der Waals surface area contributed by atoms with E-state index in [1.165, 1.54) is 0 Å². The van der Waals surface area contributed by atoms with Crippen LogP contribution in [-0.4, -0.2) is 45.6 Å². The van der Waals surface area contributed by atoms with Crippen molar-refractivity contribution >= 4 is 23.4 Å². The number of amides is 2. The molecule has 0 spiro atoms. The molecule has 0 radical (unpaired) electrons. The predicted octanol–water partition coefficient (Wildman–Crippen LogP) is 4.16. The normalized spacial score (nSPS) is 16.0. The van der Waals surface area contributed by atoms with Gasteiger partial charge in [0, 0.05) is 30.6 Å². The molecule has 162 valence electrons. The van der Waals surface area contributed by atoms with Gasteiger partial charge in [0.1, 0.15) is 0 Å². The monoisotopic (exact) mass is 430 g/mol. The number of hydrogen-bond acceptors (Lipinski definition) is 3. The maximum Gasteiger partial charge on any atom is 0.253 e. The molecule has 0 bridgehead atoms. The molecular weight excluding hydrogens is 400 g/mol. The molecule has 1 aromatic heterocycles. The smallest absolute Gasteiger partial charge is 0.253 e. The number of carbonyl (C=O) groups excluding carboxylic acids is 2. The summed E-state index contributed by atoms with van der Waals surface area (Å²) < 4.78 is 1.79. The van der Waals surface area contributed by atoms with E-state index in [9.17, 15) is 9.59 Å². The van der Waals surface area contributed by atoms with Gasteiger partial charge in [-0.2, -0.15) is 5.10 Å². The van der Waals surface area contributed by atoms with Gasteiger partial charge in [0.25, 0.3) is 5.91 Å². The summed E-state index contributed by atoms with van der Waals surface area (Å²) in [6.45, 7) is 11.2. The van der Waals surface area contributed by atoms with Gasteiger partial charge >= 0.3 is 0 Å². The van der Waals surface area contributed by atoms with Crippen LogP contribution in [0, 0.1) is 25.7 Å². The maximum atomic E-state index is 12.9. The van der Waals surface area contributed by atoms with Crippen molar-refractivity contribution in [1.82, 2.24) is 20.0 Å². The van der Waals surface area contributed by atoms with Crippen LogP contribution in [0.4, 0.5) is 0 Å². The van der Waals surface area contributed by atoms with Crippen molar-refractivity contribution in [3.8, 4) is 5.69 Å². The van der Waals surface area contributed by atoms with Crippen molar-refractivity contribution in [2.75, 3.05) is 13.1 Å². The van der Waals surface area contributed by atoms with Gasteiger partial charge in [-0.3, -0.25) is 9.59 Å². The van der Waals surface area contributed by atoms with Gasteiger partial charge in [-0.05, 0) is 63.8 Å². The van der Waals surface area contributed by atoms with E-state index in [2.05, 4.69) is 24.3 Å². The summed E-state index contributed by atoms with van der Waals surface area (Å²) in [6, 6.07) is 7.58. The number of aromatic nitrogens is 2. The number of likely N-dealkylation sites (tertiary alicyclic amines) is 1. The Kier molecular flexibility index (Phi) is 6.86. The molecule has 1 atom stereocenters. The average molecular weight is 431 g/mol. The van der Waals surface area contributed by atoms with E-state index >= 15 is 0 Å². The first-order chi connectivity index (χ1) is 14.2. The number of halogens is 1. The van der Waals surface area contributed by atoms with Crippen LogP contribution in [0.2, 0.25) is 5.02 Å². The summed E-state index contributed by atoms with van der Waals surface area (Å²) in [5.41, 5.74) is 3.17. The number of rotatable bonds is 5. The zero-order chi connectivity index (χ0) is 22.0. The molecule has 1 fully saturated rings. The molecule has 2 aromatic rings. The van der Waals surface area contributed by atoms with Gasteiger partial charge in [-0.15, -0.1) is 0 Å². The lowest BCUT2D eigenvalue weighted by Gasteiger charge is -2.32. The van der Waals surface area contributed by atoms with Crippen LogP contribution in [0.3, 0.4) is 0 Å². The van der Waals surface area contributed by atoms with Crippen LogP contribution < -0.4 is 5.32 Å². The molecule has 1 aromatic carbocycles. The maximum absolute atomic E-state index is 12.9. The van der Waals surface area contributed by atoms with Gasteiger partial charge in [0.15, 0.2) is 0 Å². The predicted molar refractivity (Wildman–Crippen MR) is 119 cm³/mol. The summed E-state index contributed by atoms with van der Waals surface area (Å²) in [5.74, 6) is 0.496. The van der Waals surface area contributed by atoms with E-state index in [0.717, 1.165) is 17.1 Å². The number of benzene rings is 1. The summed E-state index contributed by atoms with van der Waals surface area (Å²) in [5, 5.41) is 8.21. The van der Waals surface area contributed by atoms with Crippen molar-refractivity contribution < 1.29 is 9.59 Å². The van der Waals surface area contributed by atoms with Crippen molar-refractivity contribution in [2.45, 2.75) is 53.5 Å². The number of aryl methyl sites for hydroxylation is 1. The van der Waals surface area contributed by atoms with Gasteiger partial charge in [-0.25, -0.2) is 4.68 Å². The minimum absolute atomic E-state index is 0.00218. The van der Waals surface area contributed by atoms with Crippen LogP contribution in [0.25, 0.3) is 5.69 Å². The highest BCUT2D eigenvalue weighted by atomic mass is 35.5. The topological polar surface area (TPSA) is 67.2 Å². The Morgan fingerprint density at radius 2 is 1.70 bits per heavy atom. The summed E-state index contributed by atoms with van der Waals surface area (Å²) in [7, 11) is 0. The molecule has 2 heterocycles. The lowest BCUT2D eigenvalue weighted by Crippen LogP contribution is -2.45. The molecule has 1 aliphatic rings. The van der Waals surface area contributed by atoms with Gasteiger partial charge in [0.05, 0.1) is 22.1 Å². The summed E-state index contributed by atoms with van der Waals surface area (Å²) in [4.78, 5) is 27.2. The van der Waals surface area contributed by atoms with E-state index in [1.54, 1.807) is 4.68 Å². The standard InChI is InChI=1S/C23H31ClN4O2/c1-14(2)15(3)25-22(29)18-10-12-27(13-11-18)23(30)19-6-8-20(9-7-19)28-17(5)21(24)16(4)26-28/h6-9,14-15,18H,10-13H2,1-5H3,(H,25,29). The number of hydrogen-bond donors (Lipinski definition) is 1. The second-order valence-electron chi connectivity index (χ2n) is 8.55. The number of nitrogens with zero attached hydrogens (tertiary/aromatic N) is 3. The molecule has 3 rings (SSSR count). The van der Waals surface area contributed by atoms with Crippen molar-refractivity contribution in [2.24, 2.45) is 11.8 Å². The van der Waals surface area contributed by atoms with E-state index in [-0.39, 0.29) is 23.8 Å². The first kappa shape index (κ1) is 22.3. The van der Waals surface area contributed by atoms with E-state index in [0.29, 0.717) is 42.4 Å². The Labute approximate surface area is 183 Å². The summed E-state index contributed by atoms with van der Waals surface area (Å²) >= 11 is 6.24. The highest BCUT2D eigenvalue weighted by molar-refractivity contribution is 6.31. The third kappa shape index (κ3) is 4.69. The van der Waals surface area contributed by atoms with Crippen molar-refractivity contribution in [3.63, 3.8) is 0 Å². The highest BCUT2D eigenvalue weighted by Crippen LogP contribution is 2.24. The van der Waals surface area contributed by atoms with E-state index in [1.807, 2.05) is 49.9 Å². The minimum atomic E-state index is -0.0200. The fourth-order valence-corrected chi connectivity index (χ4v) is 3.77. The quantitative estimate of drug-likeness (QED) is 0.774. The number of nitrogens with one attached hydrogen (secondary N) is 1. The fourth-order valence-electron chi connectivity index (χ4n) is 3.66. The average Bonchev–Trinajstić information content (AvgIpc) is 3.00. The van der Waals surface area contributed by atoms with Gasteiger partial charge in [0.2, 0.25) is 5.91 Å². The van der Waals surface area contributed by atoms with E-state index < -0.39 is 0 Å². The van der Waals surface area contributed by atoms with Crippen molar-refractivity contribution in [1.29, 1.82) is 0 Å². The molecule has 6 nitrogen and oxygen atoms in total. The number of carbonyl (C=O) groups is 2. The zero-order valence-corrected chi connectivity index (χ0v) is 19.2. The molecule has 1 aliphatic heterocycles.